The molecule has 0 bridgehead atoms. The molecule has 2 aliphatic rings. The van der Waals surface area contributed by atoms with Crippen LogP contribution in [0, 0.1) is 0 Å². The Kier molecular flexibility index (Phi) is 5.51. The Bertz CT molecular complexity index is 957. The van der Waals surface area contributed by atoms with Crippen LogP contribution in [0.5, 0.6) is 0 Å². The molecular weight excluding hydrogens is 372 g/mol. The van der Waals surface area contributed by atoms with Gasteiger partial charge < -0.3 is 5.32 Å². The van der Waals surface area contributed by atoms with Crippen molar-refractivity contribution in [3.05, 3.63) is 59.7 Å². The van der Waals surface area contributed by atoms with Gasteiger partial charge in [0.05, 0.1) is 4.90 Å². The molecule has 28 heavy (non-hydrogen) atoms. The number of hydrogen-bond acceptors (Lipinski definition) is 3. The molecule has 1 N–H and O–H groups in total. The molecule has 5 nitrogen and oxygen atoms in total. The highest BCUT2D eigenvalue weighted by molar-refractivity contribution is 7.89. The molecule has 0 spiro atoms. The molecule has 2 heterocycles. The average molecular weight is 399 g/mol. The van der Waals surface area contributed by atoms with Crippen molar-refractivity contribution in [3.8, 4) is 0 Å². The van der Waals surface area contributed by atoms with E-state index >= 15 is 0 Å². The minimum absolute atomic E-state index is 0.00619. The van der Waals surface area contributed by atoms with Crippen molar-refractivity contribution in [3.63, 3.8) is 0 Å². The first-order chi connectivity index (χ1) is 13.5. The third-order valence-electron chi connectivity index (χ3n) is 5.69. The highest BCUT2D eigenvalue weighted by atomic mass is 32.2. The van der Waals surface area contributed by atoms with Gasteiger partial charge in [0, 0.05) is 24.7 Å². The van der Waals surface area contributed by atoms with Gasteiger partial charge in [-0.3, -0.25) is 4.79 Å². The molecule has 148 valence electrons. The van der Waals surface area contributed by atoms with Gasteiger partial charge in [-0.15, -0.1) is 0 Å². The lowest BCUT2D eigenvalue weighted by Gasteiger charge is -2.35. The number of anilines is 1. The SMILES string of the molecule is O=C1CCCc2cc(S(=O)(=O)N3CCCCC3Cc3ccccc3)ccc2N1. The van der Waals surface area contributed by atoms with E-state index in [0.29, 0.717) is 24.3 Å². The monoisotopic (exact) mass is 398 g/mol. The van der Waals surface area contributed by atoms with Gasteiger partial charge in [-0.2, -0.15) is 4.31 Å². The highest BCUT2D eigenvalue weighted by Gasteiger charge is 2.34. The number of nitrogens with zero attached hydrogens (tertiary/aromatic N) is 1. The number of amides is 1. The van der Waals surface area contributed by atoms with E-state index in [2.05, 4.69) is 17.4 Å². The zero-order valence-corrected chi connectivity index (χ0v) is 16.7. The zero-order valence-electron chi connectivity index (χ0n) is 15.9. The number of sulfonamides is 1. The Balaban J connectivity index is 1.62. The van der Waals surface area contributed by atoms with Crippen LogP contribution >= 0.6 is 0 Å². The van der Waals surface area contributed by atoms with Crippen LogP contribution in [0.2, 0.25) is 0 Å². The molecule has 0 aromatic heterocycles. The molecule has 4 rings (SSSR count). The minimum atomic E-state index is -3.57. The van der Waals surface area contributed by atoms with Crippen LogP contribution in [0.1, 0.15) is 43.2 Å². The van der Waals surface area contributed by atoms with Gasteiger partial charge in [0.15, 0.2) is 0 Å². The third-order valence-corrected chi connectivity index (χ3v) is 7.64. The molecule has 0 saturated carbocycles. The van der Waals surface area contributed by atoms with E-state index in [1.807, 2.05) is 18.2 Å². The maximum Gasteiger partial charge on any atom is 0.243 e. The summed E-state index contributed by atoms with van der Waals surface area (Å²) in [5.74, 6) is -0.00619. The van der Waals surface area contributed by atoms with Crippen molar-refractivity contribution in [1.29, 1.82) is 0 Å². The van der Waals surface area contributed by atoms with Gasteiger partial charge >= 0.3 is 0 Å². The van der Waals surface area contributed by atoms with Gasteiger partial charge in [-0.25, -0.2) is 8.42 Å². The molecule has 1 atom stereocenters. The van der Waals surface area contributed by atoms with E-state index < -0.39 is 10.0 Å². The van der Waals surface area contributed by atoms with Gasteiger partial charge in [0.2, 0.25) is 15.9 Å². The Morgan fingerprint density at radius 3 is 2.64 bits per heavy atom. The van der Waals surface area contributed by atoms with Crippen molar-refractivity contribution in [2.45, 2.75) is 55.9 Å². The summed E-state index contributed by atoms with van der Waals surface area (Å²) in [4.78, 5) is 12.1. The Labute approximate surface area is 166 Å². The lowest BCUT2D eigenvalue weighted by atomic mass is 9.98. The number of piperidine rings is 1. The molecule has 2 aliphatic heterocycles. The van der Waals surface area contributed by atoms with Crippen molar-refractivity contribution >= 4 is 21.6 Å². The maximum atomic E-state index is 13.5. The van der Waals surface area contributed by atoms with Crippen LogP contribution in [0.15, 0.2) is 53.4 Å². The summed E-state index contributed by atoms with van der Waals surface area (Å²) in [7, 11) is -3.57. The number of fused-ring (bicyclic) bond motifs is 1. The van der Waals surface area contributed by atoms with Crippen LogP contribution in [0.4, 0.5) is 5.69 Å². The largest absolute Gasteiger partial charge is 0.326 e. The second-order valence-electron chi connectivity index (χ2n) is 7.68. The molecule has 0 aliphatic carbocycles. The number of benzene rings is 2. The van der Waals surface area contributed by atoms with Gasteiger partial charge in [0.25, 0.3) is 0 Å². The minimum Gasteiger partial charge on any atom is -0.326 e. The smallest absolute Gasteiger partial charge is 0.243 e. The first-order valence-corrected chi connectivity index (χ1v) is 11.5. The number of hydrogen-bond donors (Lipinski definition) is 1. The van der Waals surface area contributed by atoms with E-state index in [1.54, 1.807) is 22.5 Å². The summed E-state index contributed by atoms with van der Waals surface area (Å²) in [6.07, 6.45) is 5.50. The second-order valence-corrected chi connectivity index (χ2v) is 9.57. The predicted octanol–water partition coefficient (Wildman–Crippen LogP) is 3.75. The fourth-order valence-electron chi connectivity index (χ4n) is 4.23. The number of aryl methyl sites for hydroxylation is 1. The van der Waals surface area contributed by atoms with Crippen LogP contribution in [0.3, 0.4) is 0 Å². The molecule has 1 saturated heterocycles. The number of carbonyl (C=O) groups excluding carboxylic acids is 1. The molecule has 1 fully saturated rings. The lowest BCUT2D eigenvalue weighted by molar-refractivity contribution is -0.116. The lowest BCUT2D eigenvalue weighted by Crippen LogP contribution is -2.44. The number of nitrogens with one attached hydrogen (secondary N) is 1. The van der Waals surface area contributed by atoms with E-state index in [0.717, 1.165) is 43.4 Å². The quantitative estimate of drug-likeness (QED) is 0.853. The van der Waals surface area contributed by atoms with E-state index in [9.17, 15) is 13.2 Å². The van der Waals surface area contributed by atoms with Crippen LogP contribution < -0.4 is 5.32 Å². The molecule has 0 radical (unpaired) electrons. The standard InChI is InChI=1S/C22H26N2O3S/c25-22-11-6-9-18-16-20(12-13-21(18)23-22)28(26,27)24-14-5-4-10-19(24)15-17-7-2-1-3-8-17/h1-3,7-8,12-13,16,19H,4-6,9-11,14-15H2,(H,23,25). The summed E-state index contributed by atoms with van der Waals surface area (Å²) in [6.45, 7) is 0.563. The van der Waals surface area contributed by atoms with Gasteiger partial charge in [-0.1, -0.05) is 36.8 Å². The summed E-state index contributed by atoms with van der Waals surface area (Å²) in [5, 5.41) is 2.87. The molecule has 2 aromatic carbocycles. The van der Waals surface area contributed by atoms with E-state index in [-0.39, 0.29) is 11.9 Å². The average Bonchev–Trinajstić information content (AvgIpc) is 2.89. The normalized spacial score (nSPS) is 20.9. The number of rotatable bonds is 4. The Hall–Kier alpha value is -2.18. The highest BCUT2D eigenvalue weighted by Crippen LogP contribution is 2.31. The van der Waals surface area contributed by atoms with Crippen molar-refractivity contribution in [2.75, 3.05) is 11.9 Å². The summed E-state index contributed by atoms with van der Waals surface area (Å²) in [6, 6.07) is 15.2. The molecule has 1 unspecified atom stereocenters. The fraction of sp³-hybridized carbons (Fsp3) is 0.409. The van der Waals surface area contributed by atoms with Crippen LogP contribution in [-0.4, -0.2) is 31.2 Å². The molecule has 2 aromatic rings. The summed E-state index contributed by atoms with van der Waals surface area (Å²) in [5.41, 5.74) is 2.81. The number of carbonyl (C=O) groups is 1. The first kappa shape index (κ1) is 19.2. The Morgan fingerprint density at radius 1 is 1.00 bits per heavy atom. The molecule has 6 heteroatoms. The molecular formula is C22H26N2O3S. The molecule has 1 amide bonds. The predicted molar refractivity (Wildman–Crippen MR) is 110 cm³/mol. The van der Waals surface area contributed by atoms with E-state index in [4.69, 9.17) is 0 Å². The van der Waals surface area contributed by atoms with Crippen molar-refractivity contribution in [2.24, 2.45) is 0 Å². The summed E-state index contributed by atoms with van der Waals surface area (Å²) >= 11 is 0. The van der Waals surface area contributed by atoms with Crippen LogP contribution in [-0.2, 0) is 27.7 Å². The fourth-order valence-corrected chi connectivity index (χ4v) is 5.97. The topological polar surface area (TPSA) is 66.5 Å². The van der Waals surface area contributed by atoms with Crippen LogP contribution in [0.25, 0.3) is 0 Å². The first-order valence-electron chi connectivity index (χ1n) is 10.0. The summed E-state index contributed by atoms with van der Waals surface area (Å²) < 4.78 is 28.6. The zero-order chi connectivity index (χ0) is 19.6. The van der Waals surface area contributed by atoms with Gasteiger partial charge in [-0.05, 0) is 61.4 Å². The third kappa shape index (κ3) is 3.98. The van der Waals surface area contributed by atoms with Crippen molar-refractivity contribution in [1.82, 2.24) is 4.31 Å². The van der Waals surface area contributed by atoms with E-state index in [1.165, 1.54) is 5.56 Å². The van der Waals surface area contributed by atoms with Crippen molar-refractivity contribution < 1.29 is 13.2 Å². The Morgan fingerprint density at radius 2 is 1.82 bits per heavy atom. The maximum absolute atomic E-state index is 13.5. The van der Waals surface area contributed by atoms with Gasteiger partial charge in [0.1, 0.15) is 0 Å². The second kappa shape index (κ2) is 8.05.